The number of ether oxygens (including phenoxy) is 1. The lowest BCUT2D eigenvalue weighted by atomic mass is 10.0. The Morgan fingerprint density at radius 1 is 0.971 bits per heavy atom. The first kappa shape index (κ1) is 23.3. The van der Waals surface area contributed by atoms with Gasteiger partial charge in [-0.05, 0) is 48.2 Å². The van der Waals surface area contributed by atoms with Crippen LogP contribution >= 0.6 is 0 Å². The monoisotopic (exact) mass is 453 g/mol. The number of fused-ring (bicyclic) bond motifs is 1. The number of hydrogen-bond donors (Lipinski definition) is 1. The molecule has 4 aromatic rings. The van der Waals surface area contributed by atoms with Crippen LogP contribution in [0.4, 0.5) is 0 Å². The van der Waals surface area contributed by atoms with E-state index in [4.69, 9.17) is 9.72 Å². The molecule has 1 aromatic heterocycles. The van der Waals surface area contributed by atoms with E-state index in [2.05, 4.69) is 35.9 Å². The zero-order chi connectivity index (χ0) is 23.9. The lowest BCUT2D eigenvalue weighted by molar-refractivity contribution is -0.117. The van der Waals surface area contributed by atoms with E-state index >= 15 is 0 Å². The standard InChI is InChI=1S/C29H31N3O2/c1-21(2)24-13-7-10-16-27(24)34-20-19-32-26-15-9-8-14-25(26)31-29(32)22(3)30-28(33)18-17-23-11-5-4-6-12-23/h4-18,21-22H,19-20H2,1-3H3,(H,30,33)/b18-17-. The minimum atomic E-state index is -0.261. The van der Waals surface area contributed by atoms with Crippen molar-refractivity contribution in [1.29, 1.82) is 0 Å². The molecule has 0 fully saturated rings. The molecule has 0 aliphatic heterocycles. The van der Waals surface area contributed by atoms with Crippen LogP contribution in [0.1, 0.15) is 49.7 Å². The molecule has 0 radical (unpaired) electrons. The molecule has 0 aliphatic rings. The van der Waals surface area contributed by atoms with Gasteiger partial charge in [-0.15, -0.1) is 0 Å². The van der Waals surface area contributed by atoms with Crippen LogP contribution in [-0.2, 0) is 11.3 Å². The third-order valence-electron chi connectivity index (χ3n) is 5.77. The Hall–Kier alpha value is -3.86. The fourth-order valence-electron chi connectivity index (χ4n) is 4.06. The Kier molecular flexibility index (Phi) is 7.43. The molecular formula is C29H31N3O2. The summed E-state index contributed by atoms with van der Waals surface area (Å²) in [6.45, 7) is 7.43. The average molecular weight is 454 g/mol. The van der Waals surface area contributed by atoms with Crippen molar-refractivity contribution >= 4 is 23.0 Å². The van der Waals surface area contributed by atoms with Gasteiger partial charge in [0.25, 0.3) is 0 Å². The van der Waals surface area contributed by atoms with Crippen molar-refractivity contribution in [2.24, 2.45) is 0 Å². The van der Waals surface area contributed by atoms with Crippen molar-refractivity contribution in [3.63, 3.8) is 0 Å². The fraction of sp³-hybridized carbons (Fsp3) is 0.241. The molecule has 1 amide bonds. The Morgan fingerprint density at radius 3 is 2.47 bits per heavy atom. The molecular weight excluding hydrogens is 422 g/mol. The second kappa shape index (κ2) is 10.8. The summed E-state index contributed by atoms with van der Waals surface area (Å²) in [5, 5.41) is 3.05. The van der Waals surface area contributed by atoms with Crippen molar-refractivity contribution in [2.75, 3.05) is 6.61 Å². The van der Waals surface area contributed by atoms with Crippen molar-refractivity contribution in [3.8, 4) is 5.75 Å². The molecule has 1 N–H and O–H groups in total. The maximum Gasteiger partial charge on any atom is 0.244 e. The Balaban J connectivity index is 1.49. The number of nitrogens with zero attached hydrogens (tertiary/aromatic N) is 2. The van der Waals surface area contributed by atoms with E-state index in [1.165, 1.54) is 5.56 Å². The highest BCUT2D eigenvalue weighted by Gasteiger charge is 2.18. The second-order valence-corrected chi connectivity index (χ2v) is 8.63. The third kappa shape index (κ3) is 5.54. The van der Waals surface area contributed by atoms with Gasteiger partial charge < -0.3 is 14.6 Å². The SMILES string of the molecule is CC(C)c1ccccc1OCCn1c(C(C)NC(=O)/C=C\c2ccccc2)nc2ccccc21. The minimum absolute atomic E-state index is 0.155. The van der Waals surface area contributed by atoms with Gasteiger partial charge in [-0.3, -0.25) is 4.79 Å². The van der Waals surface area contributed by atoms with Crippen LogP contribution in [0.2, 0.25) is 0 Å². The molecule has 1 heterocycles. The highest BCUT2D eigenvalue weighted by molar-refractivity contribution is 5.92. The van der Waals surface area contributed by atoms with Gasteiger partial charge in [0.1, 0.15) is 18.2 Å². The maximum absolute atomic E-state index is 12.6. The molecule has 0 spiro atoms. The number of para-hydroxylation sites is 3. The molecule has 0 bridgehead atoms. The lowest BCUT2D eigenvalue weighted by Gasteiger charge is -2.17. The van der Waals surface area contributed by atoms with Gasteiger partial charge in [-0.25, -0.2) is 4.98 Å². The van der Waals surface area contributed by atoms with Crippen molar-refractivity contribution in [2.45, 2.75) is 39.3 Å². The number of aromatic nitrogens is 2. The first-order chi connectivity index (χ1) is 16.5. The highest BCUT2D eigenvalue weighted by Crippen LogP contribution is 2.26. The van der Waals surface area contributed by atoms with E-state index in [0.29, 0.717) is 19.1 Å². The number of carbonyl (C=O) groups is 1. The van der Waals surface area contributed by atoms with Crippen molar-refractivity contribution < 1.29 is 9.53 Å². The summed E-state index contributed by atoms with van der Waals surface area (Å²) in [5.41, 5.74) is 4.11. The first-order valence-corrected chi connectivity index (χ1v) is 11.7. The van der Waals surface area contributed by atoms with Crippen LogP contribution in [0.3, 0.4) is 0 Å². The number of benzene rings is 3. The number of hydrogen-bond acceptors (Lipinski definition) is 3. The van der Waals surface area contributed by atoms with E-state index in [9.17, 15) is 4.79 Å². The summed E-state index contributed by atoms with van der Waals surface area (Å²) in [6.07, 6.45) is 3.37. The third-order valence-corrected chi connectivity index (χ3v) is 5.77. The topological polar surface area (TPSA) is 56.1 Å². The molecule has 0 aliphatic carbocycles. The van der Waals surface area contributed by atoms with E-state index in [-0.39, 0.29) is 11.9 Å². The number of nitrogens with one attached hydrogen (secondary N) is 1. The average Bonchev–Trinajstić information content (AvgIpc) is 3.22. The van der Waals surface area contributed by atoms with E-state index in [0.717, 1.165) is 28.2 Å². The Labute approximate surface area is 201 Å². The first-order valence-electron chi connectivity index (χ1n) is 11.7. The molecule has 174 valence electrons. The molecule has 5 nitrogen and oxygen atoms in total. The molecule has 0 saturated heterocycles. The largest absolute Gasteiger partial charge is 0.491 e. The number of carbonyl (C=O) groups excluding carboxylic acids is 1. The molecule has 3 aromatic carbocycles. The van der Waals surface area contributed by atoms with Gasteiger partial charge in [0, 0.05) is 6.08 Å². The zero-order valence-corrected chi connectivity index (χ0v) is 19.9. The predicted octanol–water partition coefficient (Wildman–Crippen LogP) is 6.13. The number of amides is 1. The summed E-state index contributed by atoms with van der Waals surface area (Å²) in [7, 11) is 0. The summed E-state index contributed by atoms with van der Waals surface area (Å²) < 4.78 is 8.32. The second-order valence-electron chi connectivity index (χ2n) is 8.63. The summed E-state index contributed by atoms with van der Waals surface area (Å²) in [6, 6.07) is 25.7. The maximum atomic E-state index is 12.6. The van der Waals surface area contributed by atoms with Gasteiger partial charge in [0.15, 0.2) is 0 Å². The fourth-order valence-corrected chi connectivity index (χ4v) is 4.06. The predicted molar refractivity (Wildman–Crippen MR) is 138 cm³/mol. The smallest absolute Gasteiger partial charge is 0.244 e. The van der Waals surface area contributed by atoms with Gasteiger partial charge in [-0.1, -0.05) is 74.5 Å². The van der Waals surface area contributed by atoms with E-state index < -0.39 is 0 Å². The number of rotatable bonds is 9. The van der Waals surface area contributed by atoms with Gasteiger partial charge in [-0.2, -0.15) is 0 Å². The molecule has 1 unspecified atom stereocenters. The van der Waals surface area contributed by atoms with Gasteiger partial charge in [0.2, 0.25) is 5.91 Å². The van der Waals surface area contributed by atoms with Crippen LogP contribution < -0.4 is 10.1 Å². The summed E-state index contributed by atoms with van der Waals surface area (Å²) >= 11 is 0. The minimum Gasteiger partial charge on any atom is -0.491 e. The van der Waals surface area contributed by atoms with Crippen LogP contribution in [0.5, 0.6) is 5.75 Å². The molecule has 34 heavy (non-hydrogen) atoms. The Bertz CT molecular complexity index is 1280. The van der Waals surface area contributed by atoms with Crippen LogP contribution in [-0.4, -0.2) is 22.1 Å². The Morgan fingerprint density at radius 2 is 1.68 bits per heavy atom. The zero-order valence-electron chi connectivity index (χ0n) is 19.9. The normalized spacial score (nSPS) is 12.4. The van der Waals surface area contributed by atoms with Crippen LogP contribution in [0, 0.1) is 0 Å². The molecule has 0 saturated carbocycles. The molecule has 1 atom stereocenters. The number of imidazole rings is 1. The molecule has 5 heteroatoms. The quantitative estimate of drug-likeness (QED) is 0.310. The molecule has 4 rings (SSSR count). The van der Waals surface area contributed by atoms with Crippen molar-refractivity contribution in [1.82, 2.24) is 14.9 Å². The lowest BCUT2D eigenvalue weighted by Crippen LogP contribution is -2.27. The van der Waals surface area contributed by atoms with Crippen LogP contribution in [0.25, 0.3) is 17.1 Å². The summed E-state index contributed by atoms with van der Waals surface area (Å²) in [5.74, 6) is 1.95. The summed E-state index contributed by atoms with van der Waals surface area (Å²) in [4.78, 5) is 17.4. The van der Waals surface area contributed by atoms with Gasteiger partial charge >= 0.3 is 0 Å². The highest BCUT2D eigenvalue weighted by atomic mass is 16.5. The van der Waals surface area contributed by atoms with E-state index in [1.807, 2.05) is 79.7 Å². The van der Waals surface area contributed by atoms with Crippen LogP contribution in [0.15, 0.2) is 84.9 Å². The van der Waals surface area contributed by atoms with E-state index in [1.54, 1.807) is 6.08 Å². The van der Waals surface area contributed by atoms with Crippen molar-refractivity contribution in [3.05, 3.63) is 102 Å². The van der Waals surface area contributed by atoms with Gasteiger partial charge in [0.05, 0.1) is 23.6 Å².